The third kappa shape index (κ3) is 5.02. The standard InChI is InChI=1S/C15H16BrF2N3O2/c1-9-3-4-12(13(5-9)23-15(17)18)20-14(22)10(2)7-21-8-11(16)6-19-21/h3-6,8,10,15H,7H2,1-2H3,(H,20,22). The molecule has 1 atom stereocenters. The van der Waals surface area contributed by atoms with Crippen molar-refractivity contribution in [2.75, 3.05) is 5.32 Å². The predicted octanol–water partition coefficient (Wildman–Crippen LogP) is 3.83. The van der Waals surface area contributed by atoms with E-state index in [4.69, 9.17) is 0 Å². The number of hydrogen-bond donors (Lipinski definition) is 1. The van der Waals surface area contributed by atoms with Crippen LogP contribution < -0.4 is 10.1 Å². The number of amides is 1. The highest BCUT2D eigenvalue weighted by molar-refractivity contribution is 9.10. The van der Waals surface area contributed by atoms with Crippen LogP contribution in [0.1, 0.15) is 12.5 Å². The van der Waals surface area contributed by atoms with Crippen molar-refractivity contribution in [2.24, 2.45) is 5.92 Å². The van der Waals surface area contributed by atoms with E-state index in [-0.39, 0.29) is 17.3 Å². The van der Waals surface area contributed by atoms with Crippen LogP contribution in [-0.4, -0.2) is 22.3 Å². The molecule has 0 aliphatic carbocycles. The number of benzene rings is 1. The van der Waals surface area contributed by atoms with Crippen LogP contribution in [0.2, 0.25) is 0 Å². The van der Waals surface area contributed by atoms with Crippen molar-refractivity contribution in [2.45, 2.75) is 27.0 Å². The lowest BCUT2D eigenvalue weighted by Gasteiger charge is -2.15. The fourth-order valence-corrected chi connectivity index (χ4v) is 2.31. The second kappa shape index (κ2) is 7.54. The zero-order valence-corrected chi connectivity index (χ0v) is 14.2. The number of carbonyl (C=O) groups excluding carboxylic acids is 1. The SMILES string of the molecule is Cc1ccc(NC(=O)C(C)Cn2cc(Br)cn2)c(OC(F)F)c1. The van der Waals surface area contributed by atoms with Crippen molar-refractivity contribution in [3.05, 3.63) is 40.6 Å². The van der Waals surface area contributed by atoms with Crippen LogP contribution >= 0.6 is 15.9 Å². The van der Waals surface area contributed by atoms with Gasteiger partial charge in [0.2, 0.25) is 5.91 Å². The third-order valence-electron chi connectivity index (χ3n) is 3.12. The molecule has 2 aromatic rings. The van der Waals surface area contributed by atoms with E-state index >= 15 is 0 Å². The van der Waals surface area contributed by atoms with Gasteiger partial charge in [0.1, 0.15) is 5.75 Å². The van der Waals surface area contributed by atoms with Crippen molar-refractivity contribution >= 4 is 27.5 Å². The molecule has 0 aliphatic rings. The van der Waals surface area contributed by atoms with E-state index in [9.17, 15) is 13.6 Å². The Kier molecular flexibility index (Phi) is 5.70. The summed E-state index contributed by atoms with van der Waals surface area (Å²) in [6.07, 6.45) is 3.38. The molecule has 23 heavy (non-hydrogen) atoms. The maximum absolute atomic E-state index is 12.5. The number of nitrogens with one attached hydrogen (secondary N) is 1. The molecule has 1 N–H and O–H groups in total. The van der Waals surface area contributed by atoms with E-state index < -0.39 is 12.5 Å². The molecular weight excluding hydrogens is 372 g/mol. The summed E-state index contributed by atoms with van der Waals surface area (Å²) in [4.78, 5) is 12.2. The minimum absolute atomic E-state index is 0.0533. The Morgan fingerprint density at radius 2 is 2.22 bits per heavy atom. The summed E-state index contributed by atoms with van der Waals surface area (Å²) in [7, 11) is 0. The summed E-state index contributed by atoms with van der Waals surface area (Å²) in [6, 6.07) is 4.71. The molecule has 0 aliphatic heterocycles. The number of anilines is 1. The number of ether oxygens (including phenoxy) is 1. The lowest BCUT2D eigenvalue weighted by molar-refractivity contribution is -0.119. The molecule has 1 amide bonds. The first-order valence-electron chi connectivity index (χ1n) is 6.89. The largest absolute Gasteiger partial charge is 0.433 e. The lowest BCUT2D eigenvalue weighted by atomic mass is 10.1. The second-order valence-corrected chi connectivity index (χ2v) is 6.06. The fourth-order valence-electron chi connectivity index (χ4n) is 1.98. The highest BCUT2D eigenvalue weighted by Gasteiger charge is 2.17. The average Bonchev–Trinajstić information content (AvgIpc) is 2.86. The van der Waals surface area contributed by atoms with E-state index in [1.807, 2.05) is 0 Å². The van der Waals surface area contributed by atoms with Crippen LogP contribution in [0.5, 0.6) is 5.75 Å². The smallest absolute Gasteiger partial charge is 0.387 e. The quantitative estimate of drug-likeness (QED) is 0.819. The maximum Gasteiger partial charge on any atom is 0.387 e. The van der Waals surface area contributed by atoms with E-state index in [0.29, 0.717) is 6.54 Å². The van der Waals surface area contributed by atoms with Crippen molar-refractivity contribution in [3.8, 4) is 5.75 Å². The number of carbonyl (C=O) groups is 1. The number of aromatic nitrogens is 2. The Morgan fingerprint density at radius 3 is 2.83 bits per heavy atom. The normalized spacial score (nSPS) is 12.3. The first-order chi connectivity index (χ1) is 10.8. The van der Waals surface area contributed by atoms with Crippen LogP contribution in [0.15, 0.2) is 35.1 Å². The maximum atomic E-state index is 12.5. The van der Waals surface area contributed by atoms with Crippen molar-refractivity contribution < 1.29 is 18.3 Å². The summed E-state index contributed by atoms with van der Waals surface area (Å²) in [5.41, 5.74) is 0.975. The molecule has 5 nitrogen and oxygen atoms in total. The van der Waals surface area contributed by atoms with Gasteiger partial charge >= 0.3 is 6.61 Å². The van der Waals surface area contributed by atoms with Crippen molar-refractivity contribution in [3.63, 3.8) is 0 Å². The van der Waals surface area contributed by atoms with Gasteiger partial charge in [0.05, 0.1) is 28.8 Å². The molecule has 1 aromatic heterocycles. The molecule has 1 heterocycles. The summed E-state index contributed by atoms with van der Waals surface area (Å²) < 4.78 is 31.8. The predicted molar refractivity (Wildman–Crippen MR) is 85.5 cm³/mol. The molecule has 0 fully saturated rings. The molecule has 0 radical (unpaired) electrons. The highest BCUT2D eigenvalue weighted by Crippen LogP contribution is 2.28. The molecule has 1 aromatic carbocycles. The monoisotopic (exact) mass is 387 g/mol. The van der Waals surface area contributed by atoms with Crippen LogP contribution in [0.3, 0.4) is 0 Å². The summed E-state index contributed by atoms with van der Waals surface area (Å²) in [6.45, 7) is 0.898. The molecule has 1 unspecified atom stereocenters. The molecule has 0 saturated heterocycles. The van der Waals surface area contributed by atoms with Gasteiger partial charge in [-0.25, -0.2) is 0 Å². The highest BCUT2D eigenvalue weighted by atomic mass is 79.9. The average molecular weight is 388 g/mol. The van der Waals surface area contributed by atoms with Crippen LogP contribution in [0, 0.1) is 12.8 Å². The Labute approximate surface area is 140 Å². The molecule has 0 spiro atoms. The number of halogens is 3. The summed E-state index contributed by atoms with van der Waals surface area (Å²) in [5, 5.41) is 6.70. The third-order valence-corrected chi connectivity index (χ3v) is 3.53. The zero-order valence-electron chi connectivity index (χ0n) is 12.6. The first kappa shape index (κ1) is 17.4. The lowest BCUT2D eigenvalue weighted by Crippen LogP contribution is -2.25. The van der Waals surface area contributed by atoms with Gasteiger partial charge in [-0.15, -0.1) is 0 Å². The van der Waals surface area contributed by atoms with Crippen LogP contribution in [-0.2, 0) is 11.3 Å². The number of hydrogen-bond acceptors (Lipinski definition) is 3. The number of nitrogens with zero attached hydrogens (tertiary/aromatic N) is 2. The molecule has 0 saturated carbocycles. The molecule has 2 rings (SSSR count). The number of alkyl halides is 2. The van der Waals surface area contributed by atoms with Crippen LogP contribution in [0.4, 0.5) is 14.5 Å². The van der Waals surface area contributed by atoms with E-state index in [1.165, 1.54) is 6.07 Å². The summed E-state index contributed by atoms with van der Waals surface area (Å²) >= 11 is 3.28. The van der Waals surface area contributed by atoms with Gasteiger partial charge in [-0.1, -0.05) is 13.0 Å². The second-order valence-electron chi connectivity index (χ2n) is 5.15. The molecule has 124 valence electrons. The minimum Gasteiger partial charge on any atom is -0.433 e. The zero-order chi connectivity index (χ0) is 17.0. The van der Waals surface area contributed by atoms with E-state index in [0.717, 1.165) is 10.0 Å². The van der Waals surface area contributed by atoms with Gasteiger partial charge in [-0.2, -0.15) is 13.9 Å². The van der Waals surface area contributed by atoms with E-state index in [2.05, 4.69) is 31.1 Å². The van der Waals surface area contributed by atoms with Gasteiger partial charge in [0, 0.05) is 6.20 Å². The summed E-state index contributed by atoms with van der Waals surface area (Å²) in [5.74, 6) is -0.760. The molecule has 0 bridgehead atoms. The Hall–Kier alpha value is -1.96. The Balaban J connectivity index is 2.07. The van der Waals surface area contributed by atoms with E-state index in [1.54, 1.807) is 43.1 Å². The van der Waals surface area contributed by atoms with Crippen molar-refractivity contribution in [1.82, 2.24) is 9.78 Å². The Morgan fingerprint density at radius 1 is 1.48 bits per heavy atom. The molecular formula is C15H16BrF2N3O2. The first-order valence-corrected chi connectivity index (χ1v) is 7.68. The van der Waals surface area contributed by atoms with Gasteiger partial charge in [0.15, 0.2) is 0 Å². The van der Waals surface area contributed by atoms with Gasteiger partial charge < -0.3 is 10.1 Å². The van der Waals surface area contributed by atoms with Gasteiger partial charge in [0.25, 0.3) is 0 Å². The molecule has 8 heteroatoms. The topological polar surface area (TPSA) is 56.2 Å². The van der Waals surface area contributed by atoms with Gasteiger partial charge in [-0.05, 0) is 40.5 Å². The fraction of sp³-hybridized carbons (Fsp3) is 0.333. The van der Waals surface area contributed by atoms with Crippen molar-refractivity contribution in [1.29, 1.82) is 0 Å². The van der Waals surface area contributed by atoms with Gasteiger partial charge in [-0.3, -0.25) is 9.48 Å². The Bertz CT molecular complexity index is 691. The minimum atomic E-state index is -2.95. The number of aryl methyl sites for hydroxylation is 1. The van der Waals surface area contributed by atoms with Crippen LogP contribution in [0.25, 0.3) is 0 Å². The number of rotatable bonds is 6.